The van der Waals surface area contributed by atoms with Gasteiger partial charge in [0.05, 0.1) is 19.0 Å². The van der Waals surface area contributed by atoms with Gasteiger partial charge in [-0.05, 0) is 32.8 Å². The molecule has 0 aromatic carbocycles. The second-order valence-electron chi connectivity index (χ2n) is 8.13. The van der Waals surface area contributed by atoms with E-state index in [4.69, 9.17) is 4.74 Å². The molecule has 0 saturated carbocycles. The molecule has 0 spiro atoms. The molecule has 1 saturated heterocycles. The molecule has 1 N–H and O–H groups in total. The van der Waals surface area contributed by atoms with Crippen molar-refractivity contribution < 1.29 is 17.9 Å². The molecule has 2 aliphatic rings. The quantitative estimate of drug-likeness (QED) is 0.707. The van der Waals surface area contributed by atoms with Crippen LogP contribution in [0.1, 0.15) is 32.5 Å². The number of nitrogens with zero attached hydrogens (tertiary/aromatic N) is 6. The number of ether oxygens (including phenoxy) is 1. The molecule has 0 bridgehead atoms. The molecule has 1 amide bonds. The van der Waals surface area contributed by atoms with E-state index < -0.39 is 15.6 Å². The Bertz CT molecular complexity index is 1070. The monoisotopic (exact) mass is 447 g/mol. The topological polar surface area (TPSA) is 131 Å². The van der Waals surface area contributed by atoms with E-state index in [2.05, 4.69) is 25.3 Å². The van der Waals surface area contributed by atoms with Crippen LogP contribution in [-0.4, -0.2) is 69.6 Å². The molecule has 1 fully saturated rings. The molecule has 31 heavy (non-hydrogen) atoms. The summed E-state index contributed by atoms with van der Waals surface area (Å²) >= 11 is 0. The predicted molar refractivity (Wildman–Crippen MR) is 113 cm³/mol. The van der Waals surface area contributed by atoms with Gasteiger partial charge in [0.25, 0.3) is 5.91 Å². The Morgan fingerprint density at radius 1 is 1.19 bits per heavy atom. The van der Waals surface area contributed by atoms with E-state index in [-0.39, 0.29) is 18.5 Å². The van der Waals surface area contributed by atoms with Gasteiger partial charge in [0.1, 0.15) is 5.82 Å². The normalized spacial score (nSPS) is 19.6. The summed E-state index contributed by atoms with van der Waals surface area (Å²) in [6.07, 6.45) is 7.28. The molecule has 0 atom stereocenters. The number of hydrogen-bond acceptors (Lipinski definition) is 9. The number of sulfonamides is 1. The predicted octanol–water partition coefficient (Wildman–Crippen LogP) is 0.807. The van der Waals surface area contributed by atoms with E-state index in [0.29, 0.717) is 49.3 Å². The van der Waals surface area contributed by atoms with E-state index in [1.807, 2.05) is 0 Å². The van der Waals surface area contributed by atoms with Crippen LogP contribution in [0.4, 0.5) is 11.8 Å². The van der Waals surface area contributed by atoms with Crippen molar-refractivity contribution in [1.82, 2.24) is 24.2 Å². The third-order valence-corrected chi connectivity index (χ3v) is 6.60. The van der Waals surface area contributed by atoms with Gasteiger partial charge in [-0.15, -0.1) is 0 Å². The Balaban J connectivity index is 1.55. The summed E-state index contributed by atoms with van der Waals surface area (Å²) in [5, 5.41) is 3.25. The molecular formula is C19H25N7O4S. The highest BCUT2D eigenvalue weighted by Gasteiger charge is 2.42. The van der Waals surface area contributed by atoms with Crippen molar-refractivity contribution in [2.45, 2.75) is 44.9 Å². The van der Waals surface area contributed by atoms with Gasteiger partial charge in [0, 0.05) is 31.5 Å². The van der Waals surface area contributed by atoms with Gasteiger partial charge >= 0.3 is 0 Å². The van der Waals surface area contributed by atoms with Crippen molar-refractivity contribution in [3.05, 3.63) is 30.5 Å². The zero-order valence-electron chi connectivity index (χ0n) is 17.6. The molecule has 0 unspecified atom stereocenters. The van der Waals surface area contributed by atoms with Gasteiger partial charge in [-0.1, -0.05) is 0 Å². The van der Waals surface area contributed by atoms with E-state index >= 15 is 0 Å². The first-order valence-electron chi connectivity index (χ1n) is 9.99. The molecule has 4 heterocycles. The Labute approximate surface area is 180 Å². The number of rotatable bonds is 5. The Kier molecular flexibility index (Phi) is 5.52. The lowest BCUT2D eigenvalue weighted by atomic mass is 10.1. The van der Waals surface area contributed by atoms with E-state index in [1.54, 1.807) is 38.5 Å². The van der Waals surface area contributed by atoms with E-state index in [9.17, 15) is 13.2 Å². The first-order chi connectivity index (χ1) is 14.6. The van der Waals surface area contributed by atoms with Crippen LogP contribution in [-0.2, 0) is 21.4 Å². The van der Waals surface area contributed by atoms with Crippen molar-refractivity contribution in [3.63, 3.8) is 0 Å². The van der Waals surface area contributed by atoms with Crippen molar-refractivity contribution in [3.8, 4) is 5.75 Å². The molecule has 0 radical (unpaired) electrons. The van der Waals surface area contributed by atoms with Crippen LogP contribution in [0.2, 0.25) is 0 Å². The van der Waals surface area contributed by atoms with Gasteiger partial charge in [0.2, 0.25) is 16.0 Å². The van der Waals surface area contributed by atoms with Crippen molar-refractivity contribution in [2.24, 2.45) is 0 Å². The number of piperidine rings is 1. The van der Waals surface area contributed by atoms with Gasteiger partial charge in [0.15, 0.2) is 17.2 Å². The highest BCUT2D eigenvalue weighted by molar-refractivity contribution is 7.88. The smallest absolute Gasteiger partial charge is 0.272 e. The number of amides is 1. The van der Waals surface area contributed by atoms with Crippen LogP contribution in [0, 0.1) is 0 Å². The number of aromatic nitrogens is 4. The van der Waals surface area contributed by atoms with Gasteiger partial charge < -0.3 is 10.1 Å². The highest BCUT2D eigenvalue weighted by atomic mass is 32.2. The van der Waals surface area contributed by atoms with Crippen LogP contribution in [0.15, 0.2) is 24.7 Å². The second kappa shape index (κ2) is 8.00. The number of fused-ring (bicyclic) bond motifs is 1. The van der Waals surface area contributed by atoms with Crippen LogP contribution in [0.25, 0.3) is 0 Å². The lowest BCUT2D eigenvalue weighted by Crippen LogP contribution is -2.52. The first kappa shape index (κ1) is 21.4. The summed E-state index contributed by atoms with van der Waals surface area (Å²) in [6, 6.07) is 1.74. The van der Waals surface area contributed by atoms with Crippen LogP contribution in [0.3, 0.4) is 0 Å². The van der Waals surface area contributed by atoms with Crippen molar-refractivity contribution in [2.75, 3.05) is 29.6 Å². The maximum absolute atomic E-state index is 13.0. The third kappa shape index (κ3) is 4.59. The molecule has 12 heteroatoms. The first-order valence-corrected chi connectivity index (χ1v) is 11.8. The number of carbonyl (C=O) groups is 1. The summed E-state index contributed by atoms with van der Waals surface area (Å²) in [4.78, 5) is 31.9. The van der Waals surface area contributed by atoms with Crippen molar-refractivity contribution in [1.29, 1.82) is 0 Å². The van der Waals surface area contributed by atoms with Crippen molar-refractivity contribution >= 4 is 27.7 Å². The fourth-order valence-electron chi connectivity index (χ4n) is 3.65. The van der Waals surface area contributed by atoms with Crippen LogP contribution >= 0.6 is 0 Å². The average molecular weight is 448 g/mol. The largest absolute Gasteiger partial charge is 0.472 e. The van der Waals surface area contributed by atoms with Gasteiger partial charge in [-0.25, -0.2) is 27.7 Å². The number of nitrogens with one attached hydrogen (secondary N) is 1. The average Bonchev–Trinajstić information content (AvgIpc) is 2.72. The zero-order valence-corrected chi connectivity index (χ0v) is 18.5. The Hall–Kier alpha value is -2.86. The maximum atomic E-state index is 13.0. The Morgan fingerprint density at radius 2 is 1.87 bits per heavy atom. The number of hydrogen-bond donors (Lipinski definition) is 1. The molecular weight excluding hydrogens is 422 g/mol. The van der Waals surface area contributed by atoms with E-state index in [0.717, 1.165) is 0 Å². The molecule has 2 aromatic heterocycles. The van der Waals surface area contributed by atoms with E-state index in [1.165, 1.54) is 15.5 Å². The summed E-state index contributed by atoms with van der Waals surface area (Å²) in [7, 11) is -3.19. The lowest BCUT2D eigenvalue weighted by molar-refractivity contribution is -0.133. The zero-order chi connectivity index (χ0) is 22.2. The van der Waals surface area contributed by atoms with Gasteiger partial charge in [-0.3, -0.25) is 9.69 Å². The molecule has 2 aromatic rings. The molecule has 11 nitrogen and oxygen atoms in total. The SMILES string of the molecule is CC1(C)Oc2cnc(NC3CCN(S(C)(=O)=O)CC3)nc2N(Cc2ncccn2)C1=O. The minimum absolute atomic E-state index is 0.0265. The standard InChI is InChI=1S/C19H25N7O4S/c1-19(2)17(27)26(12-15-20-7-4-8-21-15)16-14(30-19)11-22-18(24-16)23-13-5-9-25(10-6-13)31(3,28)29/h4,7-8,11,13H,5-6,9-10,12H2,1-3H3,(H,22,23,24). The molecule has 166 valence electrons. The lowest BCUT2D eigenvalue weighted by Gasteiger charge is -2.37. The van der Waals surface area contributed by atoms with Gasteiger partial charge in [-0.2, -0.15) is 4.98 Å². The molecule has 2 aliphatic heterocycles. The highest BCUT2D eigenvalue weighted by Crippen LogP contribution is 2.37. The summed E-state index contributed by atoms with van der Waals surface area (Å²) in [5.74, 6) is 1.34. The summed E-state index contributed by atoms with van der Waals surface area (Å²) in [6.45, 7) is 4.42. The molecule has 0 aliphatic carbocycles. The number of anilines is 2. The Morgan fingerprint density at radius 3 is 2.52 bits per heavy atom. The third-order valence-electron chi connectivity index (χ3n) is 5.29. The second-order valence-corrected chi connectivity index (χ2v) is 10.1. The van der Waals surface area contributed by atoms with Crippen LogP contribution in [0.5, 0.6) is 5.75 Å². The minimum atomic E-state index is -3.19. The fourth-order valence-corrected chi connectivity index (χ4v) is 4.52. The fraction of sp³-hybridized carbons (Fsp3) is 0.526. The summed E-state index contributed by atoms with van der Waals surface area (Å²) in [5.41, 5.74) is -1.07. The minimum Gasteiger partial charge on any atom is -0.472 e. The number of carbonyl (C=O) groups excluding carboxylic acids is 1. The maximum Gasteiger partial charge on any atom is 0.272 e. The van der Waals surface area contributed by atoms with Crippen LogP contribution < -0.4 is 15.0 Å². The molecule has 4 rings (SSSR count). The summed E-state index contributed by atoms with van der Waals surface area (Å²) < 4.78 is 30.7.